The topological polar surface area (TPSA) is 68.0 Å². The number of hydrazine groups is 1. The first kappa shape index (κ1) is 9.67. The van der Waals surface area contributed by atoms with Crippen LogP contribution in [-0.4, -0.2) is 10.9 Å². The summed E-state index contributed by atoms with van der Waals surface area (Å²) >= 11 is 0. The number of nitrogens with two attached hydrogens (primary N) is 1. The lowest BCUT2D eigenvalue weighted by atomic mass is 10.1. The molecule has 4 heteroatoms. The minimum atomic E-state index is -0.278. The first-order valence-electron chi connectivity index (χ1n) is 4.16. The number of nitrogens with one attached hydrogen (secondary N) is 1. The van der Waals surface area contributed by atoms with E-state index in [0.29, 0.717) is 5.56 Å². The van der Waals surface area contributed by atoms with Crippen LogP contribution in [0.15, 0.2) is 12.1 Å². The summed E-state index contributed by atoms with van der Waals surface area (Å²) in [6, 6.07) is 3.45. The van der Waals surface area contributed by atoms with E-state index in [0.717, 1.165) is 17.8 Å². The quantitative estimate of drug-likeness (QED) is 0.396. The Morgan fingerprint density at radius 1 is 1.62 bits per heavy atom. The van der Waals surface area contributed by atoms with Gasteiger partial charge in [0.15, 0.2) is 0 Å². The Morgan fingerprint density at radius 3 is 2.85 bits per heavy atom. The number of carbonyl (C=O) groups is 1. The number of nitrogen functional groups attached to an aromatic ring is 1. The Bertz CT molecular complexity index is 323. The fraction of sp³-hybridized carbons (Fsp3) is 0.333. The molecule has 0 bridgehead atoms. The van der Waals surface area contributed by atoms with Crippen molar-refractivity contribution in [3.05, 3.63) is 29.1 Å². The molecule has 0 saturated carbocycles. The van der Waals surface area contributed by atoms with Gasteiger partial charge in [0.2, 0.25) is 0 Å². The van der Waals surface area contributed by atoms with Crippen LogP contribution in [0.3, 0.4) is 0 Å². The molecule has 0 unspecified atom stereocenters. The van der Waals surface area contributed by atoms with E-state index >= 15 is 0 Å². The van der Waals surface area contributed by atoms with Crippen LogP contribution in [0.4, 0.5) is 0 Å². The normalized spacial score (nSPS) is 9.77. The lowest BCUT2D eigenvalue weighted by molar-refractivity contribution is 0.0953. The third-order valence-electron chi connectivity index (χ3n) is 1.76. The van der Waals surface area contributed by atoms with Gasteiger partial charge in [0, 0.05) is 17.0 Å². The number of hydrogen-bond acceptors (Lipinski definition) is 3. The van der Waals surface area contributed by atoms with Gasteiger partial charge in [0.05, 0.1) is 0 Å². The average molecular weight is 179 g/mol. The van der Waals surface area contributed by atoms with Crippen molar-refractivity contribution in [2.45, 2.75) is 20.3 Å². The first-order chi connectivity index (χ1) is 6.17. The van der Waals surface area contributed by atoms with Crippen molar-refractivity contribution in [1.29, 1.82) is 0 Å². The van der Waals surface area contributed by atoms with E-state index in [-0.39, 0.29) is 5.91 Å². The molecule has 1 heterocycles. The summed E-state index contributed by atoms with van der Waals surface area (Å²) in [4.78, 5) is 15.4. The van der Waals surface area contributed by atoms with E-state index in [1.54, 1.807) is 12.1 Å². The minimum Gasteiger partial charge on any atom is -0.290 e. The number of hydrogen-bond donors (Lipinski definition) is 2. The van der Waals surface area contributed by atoms with Crippen LogP contribution < -0.4 is 11.3 Å². The molecule has 0 atom stereocenters. The number of aryl methyl sites for hydroxylation is 2. The highest BCUT2D eigenvalue weighted by atomic mass is 16.2. The summed E-state index contributed by atoms with van der Waals surface area (Å²) in [5.41, 5.74) is 4.39. The highest BCUT2D eigenvalue weighted by Crippen LogP contribution is 2.05. The van der Waals surface area contributed by atoms with Gasteiger partial charge in [-0.1, -0.05) is 6.92 Å². The van der Waals surface area contributed by atoms with Gasteiger partial charge in [-0.15, -0.1) is 0 Å². The molecule has 1 aromatic heterocycles. The molecule has 0 aromatic carbocycles. The SMILES string of the molecule is CCc1cc(C(=O)NN)cc(C)n1. The van der Waals surface area contributed by atoms with Gasteiger partial charge in [-0.05, 0) is 25.5 Å². The number of rotatable bonds is 2. The molecule has 0 aliphatic rings. The maximum Gasteiger partial charge on any atom is 0.265 e. The lowest BCUT2D eigenvalue weighted by Crippen LogP contribution is -2.30. The second-order valence-electron chi connectivity index (χ2n) is 2.82. The zero-order valence-corrected chi connectivity index (χ0v) is 7.79. The molecule has 70 valence electrons. The molecule has 1 aromatic rings. The second kappa shape index (κ2) is 4.00. The third-order valence-corrected chi connectivity index (χ3v) is 1.76. The Morgan fingerprint density at radius 2 is 2.31 bits per heavy atom. The summed E-state index contributed by atoms with van der Waals surface area (Å²) in [5.74, 6) is 4.75. The summed E-state index contributed by atoms with van der Waals surface area (Å²) in [5, 5.41) is 0. The highest BCUT2D eigenvalue weighted by Gasteiger charge is 2.05. The Kier molecular flexibility index (Phi) is 2.97. The zero-order chi connectivity index (χ0) is 9.84. The van der Waals surface area contributed by atoms with Gasteiger partial charge in [-0.2, -0.15) is 0 Å². The Hall–Kier alpha value is -1.42. The fourth-order valence-electron chi connectivity index (χ4n) is 1.13. The van der Waals surface area contributed by atoms with Crippen LogP contribution >= 0.6 is 0 Å². The van der Waals surface area contributed by atoms with Crippen molar-refractivity contribution in [3.8, 4) is 0 Å². The largest absolute Gasteiger partial charge is 0.290 e. The summed E-state index contributed by atoms with van der Waals surface area (Å²) < 4.78 is 0. The van der Waals surface area contributed by atoms with Crippen molar-refractivity contribution in [1.82, 2.24) is 10.4 Å². The van der Waals surface area contributed by atoms with Crippen molar-refractivity contribution < 1.29 is 4.79 Å². The van der Waals surface area contributed by atoms with E-state index in [1.807, 2.05) is 13.8 Å². The molecule has 13 heavy (non-hydrogen) atoms. The molecule has 0 saturated heterocycles. The zero-order valence-electron chi connectivity index (χ0n) is 7.79. The number of nitrogens with zero attached hydrogens (tertiary/aromatic N) is 1. The maximum absolute atomic E-state index is 11.2. The summed E-state index contributed by atoms with van der Waals surface area (Å²) in [6.07, 6.45) is 0.812. The van der Waals surface area contributed by atoms with Gasteiger partial charge in [-0.25, -0.2) is 5.84 Å². The molecule has 0 spiro atoms. The van der Waals surface area contributed by atoms with Gasteiger partial charge >= 0.3 is 0 Å². The van der Waals surface area contributed by atoms with Crippen LogP contribution in [0.5, 0.6) is 0 Å². The van der Waals surface area contributed by atoms with Gasteiger partial charge in [-0.3, -0.25) is 15.2 Å². The van der Waals surface area contributed by atoms with E-state index in [9.17, 15) is 4.79 Å². The lowest BCUT2D eigenvalue weighted by Gasteiger charge is -2.03. The Labute approximate surface area is 77.1 Å². The van der Waals surface area contributed by atoms with Crippen LogP contribution in [0.1, 0.15) is 28.7 Å². The first-order valence-corrected chi connectivity index (χ1v) is 4.16. The fourth-order valence-corrected chi connectivity index (χ4v) is 1.13. The predicted octanol–water partition coefficient (Wildman–Crippen LogP) is 0.556. The molecule has 0 fully saturated rings. The maximum atomic E-state index is 11.2. The minimum absolute atomic E-state index is 0.278. The van der Waals surface area contributed by atoms with Gasteiger partial charge in [0.1, 0.15) is 0 Å². The smallest absolute Gasteiger partial charge is 0.265 e. The molecule has 0 radical (unpaired) electrons. The molecule has 3 N–H and O–H groups in total. The predicted molar refractivity (Wildman–Crippen MR) is 50.0 cm³/mol. The third kappa shape index (κ3) is 2.26. The van der Waals surface area contributed by atoms with Gasteiger partial charge in [0.25, 0.3) is 5.91 Å². The van der Waals surface area contributed by atoms with E-state index in [1.165, 1.54) is 0 Å². The van der Waals surface area contributed by atoms with E-state index in [4.69, 9.17) is 5.84 Å². The number of aromatic nitrogens is 1. The molecular weight excluding hydrogens is 166 g/mol. The van der Waals surface area contributed by atoms with Crippen LogP contribution in [0.25, 0.3) is 0 Å². The molecular formula is C9H13N3O. The highest BCUT2D eigenvalue weighted by molar-refractivity contribution is 5.93. The number of carbonyl (C=O) groups excluding carboxylic acids is 1. The molecule has 1 amide bonds. The molecule has 4 nitrogen and oxygen atoms in total. The summed E-state index contributed by atoms with van der Waals surface area (Å²) in [6.45, 7) is 3.85. The van der Waals surface area contributed by atoms with Crippen LogP contribution in [0.2, 0.25) is 0 Å². The monoisotopic (exact) mass is 179 g/mol. The molecule has 0 aliphatic heterocycles. The Balaban J connectivity index is 3.08. The second-order valence-corrected chi connectivity index (χ2v) is 2.82. The standard InChI is InChI=1S/C9H13N3O/c1-3-8-5-7(9(13)12-10)4-6(2)11-8/h4-5H,3,10H2,1-2H3,(H,12,13). The number of pyridine rings is 1. The average Bonchev–Trinajstić information content (AvgIpc) is 2.15. The number of amides is 1. The summed E-state index contributed by atoms with van der Waals surface area (Å²) in [7, 11) is 0. The van der Waals surface area contributed by atoms with E-state index in [2.05, 4.69) is 10.4 Å². The van der Waals surface area contributed by atoms with Crippen molar-refractivity contribution >= 4 is 5.91 Å². The van der Waals surface area contributed by atoms with E-state index < -0.39 is 0 Å². The van der Waals surface area contributed by atoms with Crippen molar-refractivity contribution in [2.75, 3.05) is 0 Å². The van der Waals surface area contributed by atoms with Crippen molar-refractivity contribution in [3.63, 3.8) is 0 Å². The van der Waals surface area contributed by atoms with Crippen LogP contribution in [-0.2, 0) is 6.42 Å². The van der Waals surface area contributed by atoms with Crippen LogP contribution in [0, 0.1) is 6.92 Å². The van der Waals surface area contributed by atoms with Gasteiger partial charge < -0.3 is 0 Å². The molecule has 1 rings (SSSR count). The molecule has 0 aliphatic carbocycles. The van der Waals surface area contributed by atoms with Crippen molar-refractivity contribution in [2.24, 2.45) is 5.84 Å².